The Morgan fingerprint density at radius 1 is 1.08 bits per heavy atom. The van der Waals surface area contributed by atoms with Crippen LogP contribution >= 0.6 is 0 Å². The largest absolute Gasteiger partial charge is 0.348 e. The van der Waals surface area contributed by atoms with E-state index in [-0.39, 0.29) is 17.7 Å². The molecule has 1 aliphatic heterocycles. The van der Waals surface area contributed by atoms with Crippen molar-refractivity contribution in [2.75, 3.05) is 20.1 Å². The number of benzene rings is 2. The van der Waals surface area contributed by atoms with Crippen LogP contribution in [0.4, 0.5) is 0 Å². The molecule has 0 radical (unpaired) electrons. The summed E-state index contributed by atoms with van der Waals surface area (Å²) < 4.78 is 0. The van der Waals surface area contributed by atoms with E-state index < -0.39 is 0 Å². The molecule has 0 spiro atoms. The molecule has 1 saturated heterocycles. The molecule has 2 aromatic rings. The van der Waals surface area contributed by atoms with Gasteiger partial charge in [-0.15, -0.1) is 0 Å². The number of ketones is 1. The van der Waals surface area contributed by atoms with Gasteiger partial charge in [-0.3, -0.25) is 9.59 Å². The minimum absolute atomic E-state index is 0.00708. The molecule has 1 fully saturated rings. The topological polar surface area (TPSA) is 49.4 Å². The Morgan fingerprint density at radius 2 is 1.83 bits per heavy atom. The molecule has 4 rings (SSSR count). The molecule has 4 nitrogen and oxygen atoms in total. The average Bonchev–Trinajstić information content (AvgIpc) is 2.88. The van der Waals surface area contributed by atoms with Crippen LogP contribution in [-0.2, 0) is 0 Å². The number of carbonyl (C=O) groups is 2. The molecule has 0 aromatic heterocycles. The predicted molar refractivity (Wildman–Crippen MR) is 93.3 cm³/mol. The lowest BCUT2D eigenvalue weighted by Crippen LogP contribution is -2.46. The highest BCUT2D eigenvalue weighted by atomic mass is 16.1. The van der Waals surface area contributed by atoms with E-state index in [2.05, 4.69) is 17.3 Å². The van der Waals surface area contributed by atoms with Crippen LogP contribution in [0.1, 0.15) is 39.1 Å². The van der Waals surface area contributed by atoms with Gasteiger partial charge in [0, 0.05) is 29.3 Å². The van der Waals surface area contributed by atoms with Crippen LogP contribution in [0.3, 0.4) is 0 Å². The van der Waals surface area contributed by atoms with E-state index in [9.17, 15) is 9.59 Å². The molecule has 24 heavy (non-hydrogen) atoms. The summed E-state index contributed by atoms with van der Waals surface area (Å²) in [6, 6.07) is 13.2. The Labute approximate surface area is 141 Å². The van der Waals surface area contributed by atoms with Crippen molar-refractivity contribution in [3.05, 3.63) is 59.2 Å². The number of nitrogens with zero attached hydrogens (tertiary/aromatic N) is 1. The lowest BCUT2D eigenvalue weighted by atomic mass is 10.0. The van der Waals surface area contributed by atoms with Crippen LogP contribution < -0.4 is 5.32 Å². The number of rotatable bonds is 2. The van der Waals surface area contributed by atoms with Crippen molar-refractivity contribution in [2.24, 2.45) is 0 Å². The van der Waals surface area contributed by atoms with Crippen molar-refractivity contribution >= 4 is 11.7 Å². The number of hydrogen-bond donors (Lipinski definition) is 1. The van der Waals surface area contributed by atoms with Gasteiger partial charge in [0.25, 0.3) is 5.91 Å². The first kappa shape index (κ1) is 15.1. The molecule has 4 heteroatoms. The smallest absolute Gasteiger partial charge is 0.251 e. The Hall–Kier alpha value is -2.46. The van der Waals surface area contributed by atoms with Gasteiger partial charge in [-0.05, 0) is 49.7 Å². The molecule has 1 N–H and O–H groups in total. The van der Waals surface area contributed by atoms with Crippen molar-refractivity contribution in [3.8, 4) is 11.1 Å². The van der Waals surface area contributed by atoms with Crippen LogP contribution in [0.15, 0.2) is 42.5 Å². The van der Waals surface area contributed by atoms with E-state index in [1.165, 1.54) is 0 Å². The zero-order valence-electron chi connectivity index (χ0n) is 13.7. The number of fused-ring (bicyclic) bond motifs is 3. The molecule has 2 aliphatic rings. The summed E-state index contributed by atoms with van der Waals surface area (Å²) in [5.74, 6) is -0.0884. The van der Waals surface area contributed by atoms with Gasteiger partial charge in [-0.25, -0.2) is 0 Å². The molecule has 1 amide bonds. The number of likely N-dealkylation sites (N-methyl/N-ethyl adjacent to an activating group) is 1. The molecule has 0 bridgehead atoms. The van der Waals surface area contributed by atoms with Gasteiger partial charge in [0.05, 0.1) is 0 Å². The van der Waals surface area contributed by atoms with Gasteiger partial charge in [0.1, 0.15) is 0 Å². The lowest BCUT2D eigenvalue weighted by molar-refractivity contribution is 0.0912. The Kier molecular flexibility index (Phi) is 3.69. The first-order valence-electron chi connectivity index (χ1n) is 8.41. The van der Waals surface area contributed by atoms with Gasteiger partial charge in [-0.2, -0.15) is 0 Å². The zero-order valence-corrected chi connectivity index (χ0v) is 13.7. The van der Waals surface area contributed by atoms with E-state index in [0.717, 1.165) is 42.6 Å². The minimum Gasteiger partial charge on any atom is -0.348 e. The highest BCUT2D eigenvalue weighted by Gasteiger charge is 2.27. The van der Waals surface area contributed by atoms with Crippen LogP contribution in [-0.4, -0.2) is 42.8 Å². The second-order valence-electron chi connectivity index (χ2n) is 6.71. The second kappa shape index (κ2) is 5.87. The van der Waals surface area contributed by atoms with Gasteiger partial charge in [0.15, 0.2) is 5.78 Å². The van der Waals surface area contributed by atoms with Crippen LogP contribution in [0, 0.1) is 0 Å². The van der Waals surface area contributed by atoms with Gasteiger partial charge >= 0.3 is 0 Å². The number of amides is 1. The molecule has 0 unspecified atom stereocenters. The van der Waals surface area contributed by atoms with E-state index in [0.29, 0.717) is 11.1 Å². The first-order valence-corrected chi connectivity index (χ1v) is 8.41. The molecular weight excluding hydrogens is 300 g/mol. The maximum Gasteiger partial charge on any atom is 0.251 e. The molecule has 1 atom stereocenters. The van der Waals surface area contributed by atoms with Crippen molar-refractivity contribution < 1.29 is 9.59 Å². The number of piperidine rings is 1. The van der Waals surface area contributed by atoms with Crippen molar-refractivity contribution in [1.29, 1.82) is 0 Å². The molecule has 2 aromatic carbocycles. The molecule has 1 heterocycles. The monoisotopic (exact) mass is 320 g/mol. The van der Waals surface area contributed by atoms with Crippen molar-refractivity contribution in [1.82, 2.24) is 10.2 Å². The summed E-state index contributed by atoms with van der Waals surface area (Å²) in [7, 11) is 2.07. The van der Waals surface area contributed by atoms with Crippen LogP contribution in [0.5, 0.6) is 0 Å². The average molecular weight is 320 g/mol. The number of hydrogen-bond acceptors (Lipinski definition) is 3. The third kappa shape index (κ3) is 2.53. The van der Waals surface area contributed by atoms with Crippen molar-refractivity contribution in [3.63, 3.8) is 0 Å². The van der Waals surface area contributed by atoms with E-state index in [1.807, 2.05) is 36.4 Å². The summed E-state index contributed by atoms with van der Waals surface area (Å²) in [6.45, 7) is 1.96. The predicted octanol–water partition coefficient (Wildman–Crippen LogP) is 2.72. The standard InChI is InChI=1S/C20H20N2O2/c1-22-10-4-5-14(12-22)21-20(24)13-8-9-16-15-6-2-3-7-17(15)19(23)18(16)11-13/h2-3,6-9,11,14H,4-5,10,12H2,1H3,(H,21,24)/t14-/m1/s1. The molecule has 122 valence electrons. The fraction of sp³-hybridized carbons (Fsp3) is 0.300. The fourth-order valence-corrected chi connectivity index (χ4v) is 3.72. The summed E-state index contributed by atoms with van der Waals surface area (Å²) in [5, 5.41) is 3.10. The van der Waals surface area contributed by atoms with Gasteiger partial charge in [0.2, 0.25) is 0 Å². The highest BCUT2D eigenvalue weighted by Crippen LogP contribution is 2.36. The Morgan fingerprint density at radius 3 is 2.62 bits per heavy atom. The first-order chi connectivity index (χ1) is 11.6. The van der Waals surface area contributed by atoms with Gasteiger partial charge < -0.3 is 10.2 Å². The minimum atomic E-state index is -0.0955. The zero-order chi connectivity index (χ0) is 16.7. The number of likely N-dealkylation sites (tertiary alicyclic amines) is 1. The van der Waals surface area contributed by atoms with Gasteiger partial charge in [-0.1, -0.05) is 30.3 Å². The van der Waals surface area contributed by atoms with E-state index in [1.54, 1.807) is 6.07 Å². The third-order valence-electron chi connectivity index (χ3n) is 4.95. The summed E-state index contributed by atoms with van der Waals surface area (Å²) >= 11 is 0. The number of carbonyl (C=O) groups excluding carboxylic acids is 2. The Balaban J connectivity index is 1.58. The SMILES string of the molecule is CN1CCC[C@@H](NC(=O)c2ccc3c(c2)C(=O)c2ccccc2-3)C1. The molecule has 1 aliphatic carbocycles. The van der Waals surface area contributed by atoms with E-state index in [4.69, 9.17) is 0 Å². The fourth-order valence-electron chi connectivity index (χ4n) is 3.72. The summed E-state index contributed by atoms with van der Waals surface area (Å²) in [5.41, 5.74) is 3.79. The van der Waals surface area contributed by atoms with Crippen LogP contribution in [0.2, 0.25) is 0 Å². The summed E-state index contributed by atoms with van der Waals surface area (Å²) in [4.78, 5) is 27.3. The van der Waals surface area contributed by atoms with Crippen molar-refractivity contribution in [2.45, 2.75) is 18.9 Å². The highest BCUT2D eigenvalue weighted by molar-refractivity contribution is 6.22. The van der Waals surface area contributed by atoms with Crippen LogP contribution in [0.25, 0.3) is 11.1 Å². The molecule has 0 saturated carbocycles. The Bertz CT molecular complexity index is 828. The maximum atomic E-state index is 12.6. The van der Waals surface area contributed by atoms with E-state index >= 15 is 0 Å². The normalized spacial score (nSPS) is 19.7. The maximum absolute atomic E-state index is 12.6. The summed E-state index contributed by atoms with van der Waals surface area (Å²) in [6.07, 6.45) is 2.10. The molecular formula is C20H20N2O2. The number of nitrogens with one attached hydrogen (secondary N) is 1. The second-order valence-corrected chi connectivity index (χ2v) is 6.71. The quantitative estimate of drug-likeness (QED) is 0.790. The third-order valence-corrected chi connectivity index (χ3v) is 4.95. The lowest BCUT2D eigenvalue weighted by Gasteiger charge is -2.30.